The molecule has 0 unspecified atom stereocenters. The van der Waals surface area contributed by atoms with Crippen molar-refractivity contribution in [3.63, 3.8) is 0 Å². The Morgan fingerprint density at radius 2 is 1.62 bits per heavy atom. The molecule has 7 heteroatoms. The highest BCUT2D eigenvalue weighted by Crippen LogP contribution is 2.30. The molecule has 0 fully saturated rings. The molecule has 0 saturated carbocycles. The third-order valence-corrected chi connectivity index (χ3v) is 6.39. The second kappa shape index (κ2) is 8.53. The summed E-state index contributed by atoms with van der Waals surface area (Å²) in [5, 5.41) is 0. The minimum atomic E-state index is -3.98. The number of nitrogens with zero attached hydrogens (tertiary/aromatic N) is 1. The minimum absolute atomic E-state index is 0.0130. The van der Waals surface area contributed by atoms with E-state index in [9.17, 15) is 12.8 Å². The Balaban J connectivity index is 2.11. The lowest BCUT2D eigenvalue weighted by molar-refractivity contribution is 0.410. The van der Waals surface area contributed by atoms with E-state index in [1.54, 1.807) is 55.5 Å². The van der Waals surface area contributed by atoms with Gasteiger partial charge in [-0.05, 0) is 55.0 Å². The number of para-hydroxylation sites is 1. The zero-order chi connectivity index (χ0) is 21.0. The topological polar surface area (TPSA) is 55.8 Å². The predicted octanol–water partition coefficient (Wildman–Crippen LogP) is 4.55. The lowest BCUT2D eigenvalue weighted by Gasteiger charge is -2.26. The first kappa shape index (κ1) is 20.7. The van der Waals surface area contributed by atoms with Crippen LogP contribution in [0.1, 0.15) is 11.1 Å². The van der Waals surface area contributed by atoms with Crippen LogP contribution in [0, 0.1) is 12.7 Å². The summed E-state index contributed by atoms with van der Waals surface area (Å²) in [5.41, 5.74) is 1.33. The molecule has 0 N–H and O–H groups in total. The van der Waals surface area contributed by atoms with E-state index in [0.717, 1.165) is 0 Å². The largest absolute Gasteiger partial charge is 0.497 e. The molecule has 0 bridgehead atoms. The van der Waals surface area contributed by atoms with Crippen LogP contribution in [0.5, 0.6) is 11.5 Å². The standard InChI is InChI=1S/C22H22FNO4S/c1-16-8-9-18(14-21(16)23)24(15-17-6-4-5-7-22(17)28-3)29(25,26)20-12-10-19(27-2)11-13-20/h4-14H,15H2,1-3H3. The SMILES string of the molecule is COc1ccc(S(=O)(=O)N(Cc2ccccc2OC)c2ccc(C)c(F)c2)cc1. The lowest BCUT2D eigenvalue weighted by atomic mass is 10.2. The van der Waals surface area contributed by atoms with E-state index in [1.165, 1.54) is 36.7 Å². The van der Waals surface area contributed by atoms with Gasteiger partial charge in [0, 0.05) is 5.56 Å². The van der Waals surface area contributed by atoms with Gasteiger partial charge in [0.25, 0.3) is 10.0 Å². The molecule has 0 atom stereocenters. The molecule has 29 heavy (non-hydrogen) atoms. The Kier molecular flexibility index (Phi) is 6.08. The molecule has 0 heterocycles. The van der Waals surface area contributed by atoms with E-state index in [0.29, 0.717) is 22.6 Å². The van der Waals surface area contributed by atoms with Crippen molar-refractivity contribution in [2.45, 2.75) is 18.4 Å². The number of rotatable bonds is 7. The van der Waals surface area contributed by atoms with Crippen molar-refractivity contribution in [2.24, 2.45) is 0 Å². The molecule has 0 radical (unpaired) electrons. The highest BCUT2D eigenvalue weighted by molar-refractivity contribution is 7.92. The zero-order valence-electron chi connectivity index (χ0n) is 16.4. The van der Waals surface area contributed by atoms with E-state index in [4.69, 9.17) is 9.47 Å². The second-order valence-electron chi connectivity index (χ2n) is 6.43. The molecule has 0 aliphatic rings. The number of ether oxygens (including phenoxy) is 2. The van der Waals surface area contributed by atoms with E-state index >= 15 is 0 Å². The number of halogens is 1. The fourth-order valence-electron chi connectivity index (χ4n) is 2.92. The first-order valence-electron chi connectivity index (χ1n) is 8.91. The number of hydrogen-bond acceptors (Lipinski definition) is 4. The molecule has 3 aromatic carbocycles. The lowest BCUT2D eigenvalue weighted by Crippen LogP contribution is -2.31. The van der Waals surface area contributed by atoms with Gasteiger partial charge in [0.2, 0.25) is 0 Å². The van der Waals surface area contributed by atoms with Gasteiger partial charge in [0.1, 0.15) is 17.3 Å². The molecular weight excluding hydrogens is 393 g/mol. The van der Waals surface area contributed by atoms with Crippen LogP contribution in [0.2, 0.25) is 0 Å². The average Bonchev–Trinajstić information content (AvgIpc) is 2.74. The molecule has 3 rings (SSSR count). The van der Waals surface area contributed by atoms with E-state index < -0.39 is 15.8 Å². The molecule has 152 valence electrons. The van der Waals surface area contributed by atoms with Gasteiger partial charge in [-0.2, -0.15) is 0 Å². The molecule has 0 aromatic heterocycles. The molecular formula is C22H22FNO4S. The van der Waals surface area contributed by atoms with Crippen LogP contribution < -0.4 is 13.8 Å². The molecule has 0 spiro atoms. The summed E-state index contributed by atoms with van der Waals surface area (Å²) < 4.78 is 52.8. The van der Waals surface area contributed by atoms with Crippen molar-refractivity contribution < 1.29 is 22.3 Å². The Labute approximate surface area is 170 Å². The van der Waals surface area contributed by atoms with Crippen LogP contribution in [-0.2, 0) is 16.6 Å². The Hall–Kier alpha value is -3.06. The Morgan fingerprint density at radius 3 is 2.24 bits per heavy atom. The van der Waals surface area contributed by atoms with E-state index in [-0.39, 0.29) is 17.1 Å². The van der Waals surface area contributed by atoms with Crippen LogP contribution in [0.15, 0.2) is 71.6 Å². The van der Waals surface area contributed by atoms with Gasteiger partial charge in [0.15, 0.2) is 0 Å². The van der Waals surface area contributed by atoms with Gasteiger partial charge in [0.05, 0.1) is 31.3 Å². The van der Waals surface area contributed by atoms with Crippen molar-refractivity contribution in [1.82, 2.24) is 0 Å². The minimum Gasteiger partial charge on any atom is -0.497 e. The number of anilines is 1. The summed E-state index contributed by atoms with van der Waals surface area (Å²) in [5.74, 6) is 0.620. The summed E-state index contributed by atoms with van der Waals surface area (Å²) in [6, 6.07) is 17.6. The average molecular weight is 415 g/mol. The summed E-state index contributed by atoms with van der Waals surface area (Å²) >= 11 is 0. The van der Waals surface area contributed by atoms with Gasteiger partial charge in [-0.1, -0.05) is 24.3 Å². The van der Waals surface area contributed by atoms with Gasteiger partial charge < -0.3 is 9.47 Å². The fraction of sp³-hybridized carbons (Fsp3) is 0.182. The van der Waals surface area contributed by atoms with Crippen LogP contribution in [-0.4, -0.2) is 22.6 Å². The third-order valence-electron chi connectivity index (χ3n) is 4.60. The number of hydrogen-bond donors (Lipinski definition) is 0. The highest BCUT2D eigenvalue weighted by atomic mass is 32.2. The Morgan fingerprint density at radius 1 is 0.931 bits per heavy atom. The van der Waals surface area contributed by atoms with Crippen LogP contribution in [0.3, 0.4) is 0 Å². The van der Waals surface area contributed by atoms with Crippen molar-refractivity contribution in [3.8, 4) is 11.5 Å². The maximum Gasteiger partial charge on any atom is 0.264 e. The fourth-order valence-corrected chi connectivity index (χ4v) is 4.35. The van der Waals surface area contributed by atoms with Crippen LogP contribution in [0.25, 0.3) is 0 Å². The van der Waals surface area contributed by atoms with Gasteiger partial charge in [-0.15, -0.1) is 0 Å². The number of aryl methyl sites for hydroxylation is 1. The number of benzene rings is 3. The third kappa shape index (κ3) is 4.35. The predicted molar refractivity (Wildman–Crippen MR) is 110 cm³/mol. The maximum absolute atomic E-state index is 14.3. The molecule has 0 aliphatic heterocycles. The smallest absolute Gasteiger partial charge is 0.264 e. The summed E-state index contributed by atoms with van der Waals surface area (Å²) in [4.78, 5) is 0.0779. The molecule has 3 aromatic rings. The summed E-state index contributed by atoms with van der Waals surface area (Å²) in [6.07, 6.45) is 0. The number of methoxy groups -OCH3 is 2. The van der Waals surface area contributed by atoms with Crippen molar-refractivity contribution in [1.29, 1.82) is 0 Å². The Bertz CT molecular complexity index is 1100. The van der Waals surface area contributed by atoms with Crippen LogP contribution >= 0.6 is 0 Å². The summed E-state index contributed by atoms with van der Waals surface area (Å²) in [7, 11) is -0.949. The maximum atomic E-state index is 14.3. The second-order valence-corrected chi connectivity index (χ2v) is 8.29. The molecule has 0 amide bonds. The zero-order valence-corrected chi connectivity index (χ0v) is 17.2. The van der Waals surface area contributed by atoms with Crippen LogP contribution in [0.4, 0.5) is 10.1 Å². The van der Waals surface area contributed by atoms with Crippen molar-refractivity contribution in [2.75, 3.05) is 18.5 Å². The van der Waals surface area contributed by atoms with Gasteiger partial charge in [-0.3, -0.25) is 4.31 Å². The quantitative estimate of drug-likeness (QED) is 0.568. The highest BCUT2D eigenvalue weighted by Gasteiger charge is 2.27. The van der Waals surface area contributed by atoms with Gasteiger partial charge in [-0.25, -0.2) is 12.8 Å². The summed E-state index contributed by atoms with van der Waals surface area (Å²) in [6.45, 7) is 1.61. The van der Waals surface area contributed by atoms with Crippen molar-refractivity contribution in [3.05, 3.63) is 83.7 Å². The molecule has 0 saturated heterocycles. The normalized spacial score (nSPS) is 11.2. The van der Waals surface area contributed by atoms with E-state index in [1.807, 2.05) is 0 Å². The first-order valence-corrected chi connectivity index (χ1v) is 10.4. The molecule has 0 aliphatic carbocycles. The number of sulfonamides is 1. The monoisotopic (exact) mass is 415 g/mol. The first-order chi connectivity index (χ1) is 13.9. The van der Waals surface area contributed by atoms with E-state index in [2.05, 4.69) is 0 Å². The van der Waals surface area contributed by atoms with Crippen molar-refractivity contribution >= 4 is 15.7 Å². The molecule has 5 nitrogen and oxygen atoms in total. The van der Waals surface area contributed by atoms with Gasteiger partial charge >= 0.3 is 0 Å².